The molecule has 0 radical (unpaired) electrons. The summed E-state index contributed by atoms with van der Waals surface area (Å²) >= 11 is 0. The van der Waals surface area contributed by atoms with Crippen LogP contribution >= 0.6 is 0 Å². The van der Waals surface area contributed by atoms with Gasteiger partial charge in [0.25, 0.3) is 0 Å². The van der Waals surface area contributed by atoms with Crippen molar-refractivity contribution in [1.82, 2.24) is 10.2 Å². The van der Waals surface area contributed by atoms with Crippen LogP contribution in [0.5, 0.6) is 5.75 Å². The Hall–Kier alpha value is -1.59. The molecule has 21 heavy (non-hydrogen) atoms. The Morgan fingerprint density at radius 3 is 2.52 bits per heavy atom. The van der Waals surface area contributed by atoms with Gasteiger partial charge in [0.05, 0.1) is 6.54 Å². The number of nitrogens with zero attached hydrogens (tertiary/aromatic N) is 1. The zero-order valence-corrected chi connectivity index (χ0v) is 13.3. The number of hydrogen-bond donors (Lipinski definition) is 2. The van der Waals surface area contributed by atoms with E-state index in [1.54, 1.807) is 11.9 Å². The molecule has 1 aromatic carbocycles. The topological polar surface area (TPSA) is 61.8 Å². The summed E-state index contributed by atoms with van der Waals surface area (Å²) in [5.41, 5.74) is 1.17. The van der Waals surface area contributed by atoms with E-state index < -0.39 is 6.10 Å². The Bertz CT molecular complexity index is 432. The predicted octanol–water partition coefficient (Wildman–Crippen LogP) is 1.19. The molecule has 5 heteroatoms. The fraction of sp³-hybridized carbons (Fsp3) is 0.562. The SMILES string of the molecule is Cc1ccc(OC[C@H](O)CN(C)CC(=O)NC(C)C)cc1. The highest BCUT2D eigenvalue weighted by Crippen LogP contribution is 2.11. The van der Waals surface area contributed by atoms with Gasteiger partial charge in [0.2, 0.25) is 5.91 Å². The van der Waals surface area contributed by atoms with Crippen molar-refractivity contribution in [3.63, 3.8) is 0 Å². The first-order valence-corrected chi connectivity index (χ1v) is 7.22. The van der Waals surface area contributed by atoms with Gasteiger partial charge in [-0.15, -0.1) is 0 Å². The van der Waals surface area contributed by atoms with E-state index in [0.29, 0.717) is 6.54 Å². The lowest BCUT2D eigenvalue weighted by atomic mass is 10.2. The first kappa shape index (κ1) is 17.5. The zero-order chi connectivity index (χ0) is 15.8. The third-order valence-corrected chi connectivity index (χ3v) is 2.85. The Balaban J connectivity index is 2.27. The van der Waals surface area contributed by atoms with Crippen LogP contribution in [0.15, 0.2) is 24.3 Å². The Morgan fingerprint density at radius 2 is 1.95 bits per heavy atom. The number of nitrogens with one attached hydrogen (secondary N) is 1. The van der Waals surface area contributed by atoms with Crippen molar-refractivity contribution in [2.75, 3.05) is 26.7 Å². The van der Waals surface area contributed by atoms with Crippen LogP contribution < -0.4 is 10.1 Å². The minimum atomic E-state index is -0.636. The molecule has 1 aromatic rings. The zero-order valence-electron chi connectivity index (χ0n) is 13.3. The van der Waals surface area contributed by atoms with E-state index in [0.717, 1.165) is 5.75 Å². The first-order chi connectivity index (χ1) is 9.86. The Labute approximate surface area is 126 Å². The molecular weight excluding hydrogens is 268 g/mol. The van der Waals surface area contributed by atoms with Crippen molar-refractivity contribution in [3.8, 4) is 5.75 Å². The summed E-state index contributed by atoms with van der Waals surface area (Å²) in [6.07, 6.45) is -0.636. The smallest absolute Gasteiger partial charge is 0.234 e. The van der Waals surface area contributed by atoms with E-state index in [1.165, 1.54) is 5.56 Å². The molecule has 0 fully saturated rings. The molecule has 5 nitrogen and oxygen atoms in total. The average Bonchev–Trinajstić information content (AvgIpc) is 2.36. The molecule has 0 saturated heterocycles. The number of aliphatic hydroxyl groups is 1. The lowest BCUT2D eigenvalue weighted by molar-refractivity contribution is -0.122. The molecule has 0 aliphatic rings. The molecular formula is C16H26N2O3. The van der Waals surface area contributed by atoms with E-state index >= 15 is 0 Å². The third-order valence-electron chi connectivity index (χ3n) is 2.85. The second kappa shape index (κ2) is 8.64. The van der Waals surface area contributed by atoms with Crippen LogP contribution in [0.3, 0.4) is 0 Å². The van der Waals surface area contributed by atoms with Gasteiger partial charge in [0.1, 0.15) is 18.5 Å². The molecule has 118 valence electrons. The molecule has 0 saturated carbocycles. The summed E-state index contributed by atoms with van der Waals surface area (Å²) in [4.78, 5) is 13.4. The van der Waals surface area contributed by atoms with Crippen LogP contribution in [0.1, 0.15) is 19.4 Å². The van der Waals surface area contributed by atoms with Crippen LogP contribution in [0.4, 0.5) is 0 Å². The van der Waals surface area contributed by atoms with Crippen LogP contribution in [0.2, 0.25) is 0 Å². The summed E-state index contributed by atoms with van der Waals surface area (Å²) in [6, 6.07) is 7.80. The largest absolute Gasteiger partial charge is 0.491 e. The van der Waals surface area contributed by atoms with Gasteiger partial charge in [0.15, 0.2) is 0 Å². The highest BCUT2D eigenvalue weighted by molar-refractivity contribution is 5.78. The number of aliphatic hydroxyl groups excluding tert-OH is 1. The highest BCUT2D eigenvalue weighted by atomic mass is 16.5. The quantitative estimate of drug-likeness (QED) is 0.756. The highest BCUT2D eigenvalue weighted by Gasteiger charge is 2.12. The summed E-state index contributed by atoms with van der Waals surface area (Å²) in [6.45, 7) is 6.70. The second-order valence-corrected chi connectivity index (χ2v) is 5.70. The number of carbonyl (C=O) groups is 1. The fourth-order valence-electron chi connectivity index (χ4n) is 1.92. The van der Waals surface area contributed by atoms with Gasteiger partial charge in [-0.2, -0.15) is 0 Å². The van der Waals surface area contributed by atoms with Crippen molar-refractivity contribution in [3.05, 3.63) is 29.8 Å². The number of likely N-dealkylation sites (N-methyl/N-ethyl adjacent to an activating group) is 1. The summed E-state index contributed by atoms with van der Waals surface area (Å²) in [7, 11) is 1.80. The lowest BCUT2D eigenvalue weighted by Gasteiger charge is -2.21. The van der Waals surface area contributed by atoms with E-state index in [1.807, 2.05) is 45.0 Å². The molecule has 0 heterocycles. The maximum Gasteiger partial charge on any atom is 0.234 e. The monoisotopic (exact) mass is 294 g/mol. The molecule has 1 rings (SSSR count). The summed E-state index contributed by atoms with van der Waals surface area (Å²) in [5, 5.41) is 12.7. The molecule has 0 spiro atoms. The normalized spacial score (nSPS) is 12.5. The fourth-order valence-corrected chi connectivity index (χ4v) is 1.92. The average molecular weight is 294 g/mol. The van der Waals surface area contributed by atoms with Gasteiger partial charge in [-0.05, 0) is 40.0 Å². The standard InChI is InChI=1S/C16H26N2O3/c1-12(2)17-16(20)10-18(4)9-14(19)11-21-15-7-5-13(3)6-8-15/h5-8,12,14,19H,9-11H2,1-4H3,(H,17,20)/t14-/m1/s1. The maximum absolute atomic E-state index is 11.6. The second-order valence-electron chi connectivity index (χ2n) is 5.70. The van der Waals surface area contributed by atoms with Crippen molar-refractivity contribution in [2.45, 2.75) is 32.9 Å². The van der Waals surface area contributed by atoms with Gasteiger partial charge in [-0.25, -0.2) is 0 Å². The van der Waals surface area contributed by atoms with Gasteiger partial charge in [-0.3, -0.25) is 9.69 Å². The van der Waals surface area contributed by atoms with Crippen LogP contribution in [0, 0.1) is 6.92 Å². The Kier molecular flexibility index (Phi) is 7.19. The number of amides is 1. The van der Waals surface area contributed by atoms with Gasteiger partial charge in [-0.1, -0.05) is 17.7 Å². The van der Waals surface area contributed by atoms with Crippen molar-refractivity contribution >= 4 is 5.91 Å². The first-order valence-electron chi connectivity index (χ1n) is 7.22. The van der Waals surface area contributed by atoms with Gasteiger partial charge < -0.3 is 15.2 Å². The minimum absolute atomic E-state index is 0.0425. The van der Waals surface area contributed by atoms with Crippen molar-refractivity contribution in [1.29, 1.82) is 0 Å². The molecule has 2 N–H and O–H groups in total. The Morgan fingerprint density at radius 1 is 1.33 bits per heavy atom. The number of ether oxygens (including phenoxy) is 1. The van der Waals surface area contributed by atoms with Gasteiger partial charge >= 0.3 is 0 Å². The number of benzene rings is 1. The summed E-state index contributed by atoms with van der Waals surface area (Å²) < 4.78 is 5.52. The maximum atomic E-state index is 11.6. The molecule has 1 amide bonds. The molecule has 0 aromatic heterocycles. The minimum Gasteiger partial charge on any atom is -0.491 e. The molecule has 0 aliphatic carbocycles. The molecule has 0 aliphatic heterocycles. The van der Waals surface area contributed by atoms with E-state index in [2.05, 4.69) is 5.32 Å². The lowest BCUT2D eigenvalue weighted by Crippen LogP contribution is -2.42. The van der Waals surface area contributed by atoms with Crippen LogP contribution in [-0.4, -0.2) is 54.8 Å². The molecule has 0 unspecified atom stereocenters. The number of hydrogen-bond acceptors (Lipinski definition) is 4. The van der Waals surface area contributed by atoms with E-state index in [-0.39, 0.29) is 25.1 Å². The third kappa shape index (κ3) is 7.68. The van der Waals surface area contributed by atoms with Crippen LogP contribution in [-0.2, 0) is 4.79 Å². The molecule has 1 atom stereocenters. The van der Waals surface area contributed by atoms with E-state index in [4.69, 9.17) is 4.74 Å². The molecule has 0 bridgehead atoms. The number of aryl methyl sites for hydroxylation is 1. The van der Waals surface area contributed by atoms with Crippen molar-refractivity contribution < 1.29 is 14.6 Å². The number of rotatable bonds is 8. The van der Waals surface area contributed by atoms with Gasteiger partial charge in [0, 0.05) is 12.6 Å². The summed E-state index contributed by atoms with van der Waals surface area (Å²) in [5.74, 6) is 0.694. The predicted molar refractivity (Wildman–Crippen MR) is 83.5 cm³/mol. The van der Waals surface area contributed by atoms with Crippen LogP contribution in [0.25, 0.3) is 0 Å². The van der Waals surface area contributed by atoms with E-state index in [9.17, 15) is 9.90 Å². The van der Waals surface area contributed by atoms with Crippen molar-refractivity contribution in [2.24, 2.45) is 0 Å². The number of carbonyl (C=O) groups excluding carboxylic acids is 1.